The van der Waals surface area contributed by atoms with Crippen molar-refractivity contribution >= 4 is 52.0 Å². The molecule has 0 aliphatic carbocycles. The van der Waals surface area contributed by atoms with E-state index in [2.05, 4.69) is 20.4 Å². The Bertz CT molecular complexity index is 726. The average Bonchev–Trinajstić information content (AvgIpc) is 2.99. The first-order valence-electron chi connectivity index (χ1n) is 8.62. The van der Waals surface area contributed by atoms with E-state index in [0.717, 1.165) is 19.3 Å². The van der Waals surface area contributed by atoms with Gasteiger partial charge in [0, 0.05) is 19.4 Å². The molecule has 0 bridgehead atoms. The fourth-order valence-corrected chi connectivity index (χ4v) is 3.57. The predicted octanol–water partition coefficient (Wildman–Crippen LogP) is 2.99. The monoisotopic (exact) mass is 411 g/mol. The lowest BCUT2D eigenvalue weighted by atomic mass is 10.2. The molecule has 0 radical (unpaired) electrons. The number of esters is 1. The van der Waals surface area contributed by atoms with Crippen LogP contribution in [0.4, 0.5) is 5.69 Å². The number of benzene rings is 1. The van der Waals surface area contributed by atoms with Gasteiger partial charge in [0.1, 0.15) is 5.25 Å². The number of anilines is 1. The SMILES string of the molecule is COC(=O)CCCCCN=C1NC(=O)[C@H](CC(=O)Nc2ccccc2Cl)S1. The molecule has 1 aromatic carbocycles. The standard InChI is InChI=1S/C18H22ClN3O4S/c1-26-16(24)9-3-2-6-10-20-18-22-17(25)14(27-18)11-15(23)21-13-8-5-4-7-12(13)19/h4-5,7-8,14H,2-3,6,9-11H2,1H3,(H,21,23)(H,20,22,25)/t14-/m0/s1. The summed E-state index contributed by atoms with van der Waals surface area (Å²) in [5.74, 6) is -0.712. The third-order valence-corrected chi connectivity index (χ3v) is 5.27. The lowest BCUT2D eigenvalue weighted by Crippen LogP contribution is -2.28. The maximum absolute atomic E-state index is 12.1. The van der Waals surface area contributed by atoms with Crippen LogP contribution in [0.3, 0.4) is 0 Å². The van der Waals surface area contributed by atoms with Crippen LogP contribution >= 0.6 is 23.4 Å². The molecule has 1 aromatic rings. The van der Waals surface area contributed by atoms with Crippen LogP contribution in [-0.4, -0.2) is 41.9 Å². The number of methoxy groups -OCH3 is 1. The van der Waals surface area contributed by atoms with Crippen molar-refractivity contribution in [3.8, 4) is 0 Å². The van der Waals surface area contributed by atoms with Gasteiger partial charge in [0.2, 0.25) is 11.8 Å². The van der Waals surface area contributed by atoms with E-state index in [1.54, 1.807) is 24.3 Å². The summed E-state index contributed by atoms with van der Waals surface area (Å²) in [6.45, 7) is 0.558. The molecule has 1 atom stereocenters. The number of amidine groups is 1. The number of nitrogens with one attached hydrogen (secondary N) is 2. The van der Waals surface area contributed by atoms with E-state index in [1.807, 2.05) is 0 Å². The van der Waals surface area contributed by atoms with Gasteiger partial charge in [-0.1, -0.05) is 41.9 Å². The van der Waals surface area contributed by atoms with Crippen molar-refractivity contribution in [1.82, 2.24) is 5.32 Å². The van der Waals surface area contributed by atoms with E-state index in [9.17, 15) is 14.4 Å². The van der Waals surface area contributed by atoms with Gasteiger partial charge in [-0.3, -0.25) is 19.4 Å². The molecule has 2 rings (SSSR count). The number of ether oxygens (including phenoxy) is 1. The molecule has 27 heavy (non-hydrogen) atoms. The van der Waals surface area contributed by atoms with Crippen LogP contribution in [0.2, 0.25) is 5.02 Å². The number of amides is 2. The van der Waals surface area contributed by atoms with Gasteiger partial charge < -0.3 is 15.4 Å². The Morgan fingerprint density at radius 2 is 2.07 bits per heavy atom. The number of unbranched alkanes of at least 4 members (excludes halogenated alkanes) is 2. The number of halogens is 1. The van der Waals surface area contributed by atoms with Gasteiger partial charge >= 0.3 is 5.97 Å². The number of thioether (sulfide) groups is 1. The Kier molecular flexibility index (Phi) is 8.60. The second kappa shape index (κ2) is 10.9. The van der Waals surface area contributed by atoms with E-state index < -0.39 is 5.25 Å². The molecule has 1 saturated heterocycles. The molecular weight excluding hydrogens is 390 g/mol. The van der Waals surface area contributed by atoms with Gasteiger partial charge in [0.25, 0.3) is 0 Å². The van der Waals surface area contributed by atoms with Crippen molar-refractivity contribution in [1.29, 1.82) is 0 Å². The highest BCUT2D eigenvalue weighted by molar-refractivity contribution is 8.15. The van der Waals surface area contributed by atoms with Crippen LogP contribution in [0.1, 0.15) is 32.1 Å². The number of hydrogen-bond donors (Lipinski definition) is 2. The minimum Gasteiger partial charge on any atom is -0.469 e. The maximum atomic E-state index is 12.1. The van der Waals surface area contributed by atoms with Crippen molar-refractivity contribution in [3.63, 3.8) is 0 Å². The molecule has 1 fully saturated rings. The Morgan fingerprint density at radius 3 is 2.81 bits per heavy atom. The van der Waals surface area contributed by atoms with Gasteiger partial charge in [0.15, 0.2) is 5.17 Å². The predicted molar refractivity (Wildman–Crippen MR) is 107 cm³/mol. The van der Waals surface area contributed by atoms with Crippen LogP contribution in [0.15, 0.2) is 29.3 Å². The molecule has 0 saturated carbocycles. The lowest BCUT2D eigenvalue weighted by molar-refractivity contribution is -0.140. The van der Waals surface area contributed by atoms with Crippen LogP contribution in [-0.2, 0) is 19.1 Å². The molecule has 2 N–H and O–H groups in total. The van der Waals surface area contributed by atoms with Crippen LogP contribution in [0.5, 0.6) is 0 Å². The minimum absolute atomic E-state index is 0.0415. The lowest BCUT2D eigenvalue weighted by Gasteiger charge is -2.08. The van der Waals surface area contributed by atoms with E-state index >= 15 is 0 Å². The van der Waals surface area contributed by atoms with E-state index in [-0.39, 0.29) is 24.2 Å². The van der Waals surface area contributed by atoms with Crippen molar-refractivity contribution in [2.75, 3.05) is 19.0 Å². The fourth-order valence-electron chi connectivity index (χ4n) is 2.39. The third kappa shape index (κ3) is 7.22. The third-order valence-electron chi connectivity index (χ3n) is 3.82. The summed E-state index contributed by atoms with van der Waals surface area (Å²) in [7, 11) is 1.37. The Hall–Kier alpha value is -2.06. The molecule has 146 valence electrons. The molecular formula is C18H22ClN3O4S. The topological polar surface area (TPSA) is 96.9 Å². The van der Waals surface area contributed by atoms with E-state index in [1.165, 1.54) is 18.9 Å². The van der Waals surface area contributed by atoms with Crippen LogP contribution in [0.25, 0.3) is 0 Å². The van der Waals surface area contributed by atoms with Gasteiger partial charge in [-0.2, -0.15) is 0 Å². The zero-order chi connectivity index (χ0) is 19.6. The number of nitrogens with zero attached hydrogens (tertiary/aromatic N) is 1. The van der Waals surface area contributed by atoms with Crippen LogP contribution < -0.4 is 10.6 Å². The largest absolute Gasteiger partial charge is 0.469 e. The highest BCUT2D eigenvalue weighted by atomic mass is 35.5. The second-order valence-corrected chi connectivity index (χ2v) is 7.50. The summed E-state index contributed by atoms with van der Waals surface area (Å²) < 4.78 is 4.58. The molecule has 1 aliphatic heterocycles. The Balaban J connectivity index is 1.72. The molecule has 2 amide bonds. The molecule has 0 aromatic heterocycles. The van der Waals surface area contributed by atoms with Crippen molar-refractivity contribution in [2.45, 2.75) is 37.4 Å². The zero-order valence-corrected chi connectivity index (χ0v) is 16.6. The highest BCUT2D eigenvalue weighted by Crippen LogP contribution is 2.25. The highest BCUT2D eigenvalue weighted by Gasteiger charge is 2.32. The van der Waals surface area contributed by atoms with Gasteiger partial charge in [-0.15, -0.1) is 0 Å². The second-order valence-electron chi connectivity index (χ2n) is 5.90. The normalized spacial score (nSPS) is 17.6. The number of aliphatic imine (C=N–C) groups is 1. The smallest absolute Gasteiger partial charge is 0.305 e. The molecule has 9 heteroatoms. The summed E-state index contributed by atoms with van der Waals surface area (Å²) in [6, 6.07) is 6.93. The number of hydrogen-bond acceptors (Lipinski definition) is 6. The average molecular weight is 412 g/mol. The van der Waals surface area contributed by atoms with Crippen molar-refractivity contribution < 1.29 is 19.1 Å². The first-order chi connectivity index (χ1) is 13.0. The number of rotatable bonds is 9. The number of carbonyl (C=O) groups excluding carboxylic acids is 3. The van der Waals surface area contributed by atoms with Crippen molar-refractivity contribution in [3.05, 3.63) is 29.3 Å². The first-order valence-corrected chi connectivity index (χ1v) is 9.88. The fraction of sp³-hybridized carbons (Fsp3) is 0.444. The van der Waals surface area contributed by atoms with Gasteiger partial charge in [-0.25, -0.2) is 0 Å². The molecule has 7 nitrogen and oxygen atoms in total. The quantitative estimate of drug-likeness (QED) is 0.481. The molecule has 0 spiro atoms. The molecule has 0 unspecified atom stereocenters. The Morgan fingerprint density at radius 1 is 1.30 bits per heavy atom. The maximum Gasteiger partial charge on any atom is 0.305 e. The number of carbonyl (C=O) groups is 3. The Labute approximate surface area is 167 Å². The van der Waals surface area contributed by atoms with Crippen molar-refractivity contribution in [2.24, 2.45) is 4.99 Å². The molecule has 1 aliphatic rings. The minimum atomic E-state index is -0.509. The van der Waals surface area contributed by atoms with E-state index in [4.69, 9.17) is 11.6 Å². The summed E-state index contributed by atoms with van der Waals surface area (Å²) in [5, 5.41) is 5.88. The zero-order valence-electron chi connectivity index (χ0n) is 15.0. The van der Waals surface area contributed by atoms with Gasteiger partial charge in [0.05, 0.1) is 17.8 Å². The number of para-hydroxylation sites is 1. The first kappa shape index (κ1) is 21.2. The summed E-state index contributed by atoms with van der Waals surface area (Å²) in [4.78, 5) is 39.5. The molecule has 1 heterocycles. The van der Waals surface area contributed by atoms with E-state index in [0.29, 0.717) is 28.8 Å². The van der Waals surface area contributed by atoms with Gasteiger partial charge in [-0.05, 0) is 25.0 Å². The summed E-state index contributed by atoms with van der Waals surface area (Å²) >= 11 is 7.27. The van der Waals surface area contributed by atoms with Crippen LogP contribution in [0, 0.1) is 0 Å². The summed E-state index contributed by atoms with van der Waals surface area (Å²) in [6.07, 6.45) is 2.87. The summed E-state index contributed by atoms with van der Waals surface area (Å²) in [5.41, 5.74) is 0.522.